The van der Waals surface area contributed by atoms with Crippen LogP contribution in [0, 0.1) is 0 Å². The highest BCUT2D eigenvalue weighted by molar-refractivity contribution is 5.79. The van der Waals surface area contributed by atoms with Crippen molar-refractivity contribution in [2.24, 2.45) is 10.7 Å². The summed E-state index contributed by atoms with van der Waals surface area (Å²) in [7, 11) is 0. The third-order valence-electron chi connectivity index (χ3n) is 2.73. The maximum absolute atomic E-state index is 5.17. The van der Waals surface area contributed by atoms with E-state index in [0.29, 0.717) is 11.9 Å². The molecule has 7 heteroatoms. The Bertz CT molecular complexity index is 641. The van der Waals surface area contributed by atoms with Crippen LogP contribution in [0.1, 0.15) is 0 Å². The molecule has 0 bridgehead atoms. The highest BCUT2D eigenvalue weighted by Gasteiger charge is 1.94. The summed E-state index contributed by atoms with van der Waals surface area (Å²) in [6.07, 6.45) is 5.09. The molecule has 0 spiro atoms. The van der Waals surface area contributed by atoms with Crippen LogP contribution in [-0.2, 0) is 0 Å². The number of nitrogens with zero attached hydrogens (tertiary/aromatic N) is 3. The molecule has 0 saturated carbocycles. The van der Waals surface area contributed by atoms with Crippen LogP contribution in [0.5, 0.6) is 0 Å². The highest BCUT2D eigenvalue weighted by Crippen LogP contribution is 2.07. The lowest BCUT2D eigenvalue weighted by atomic mass is 10.2. The molecule has 0 amide bonds. The lowest BCUT2D eigenvalue weighted by molar-refractivity contribution is 0.957. The molecule has 7 nitrogen and oxygen atoms in total. The minimum Gasteiger partial charge on any atom is -0.370 e. The van der Waals surface area contributed by atoms with E-state index in [0.717, 1.165) is 18.6 Å². The zero-order valence-corrected chi connectivity index (χ0v) is 12.1. The molecule has 3 heterocycles. The number of imidazole rings is 1. The molecule has 114 valence electrons. The molecule has 1 aliphatic heterocycles. The molecule has 0 fully saturated rings. The van der Waals surface area contributed by atoms with Crippen LogP contribution in [0.3, 0.4) is 0 Å². The first-order valence-corrected chi connectivity index (χ1v) is 6.84. The van der Waals surface area contributed by atoms with Crippen LogP contribution in [0.15, 0.2) is 60.0 Å². The van der Waals surface area contributed by atoms with Crippen LogP contribution in [0.25, 0.3) is 10.9 Å². The van der Waals surface area contributed by atoms with Crippen molar-refractivity contribution in [3.8, 4) is 0 Å². The first-order valence-electron chi connectivity index (χ1n) is 6.84. The van der Waals surface area contributed by atoms with Gasteiger partial charge < -0.3 is 21.8 Å². The first kappa shape index (κ1) is 15.3. The second-order valence-corrected chi connectivity index (χ2v) is 4.36. The lowest BCUT2D eigenvalue weighted by Crippen LogP contribution is -2.26. The molecule has 0 radical (unpaired) electrons. The molecule has 22 heavy (non-hydrogen) atoms. The number of pyridine rings is 1. The average molecular weight is 297 g/mol. The Morgan fingerprint density at radius 2 is 1.77 bits per heavy atom. The normalized spacial score (nSPS) is 12.3. The van der Waals surface area contributed by atoms with Gasteiger partial charge >= 0.3 is 0 Å². The van der Waals surface area contributed by atoms with E-state index in [1.54, 1.807) is 12.4 Å². The van der Waals surface area contributed by atoms with Crippen LogP contribution < -0.4 is 16.8 Å². The van der Waals surface area contributed by atoms with Crippen LogP contribution in [0.2, 0.25) is 0 Å². The van der Waals surface area contributed by atoms with Gasteiger partial charge in [0, 0.05) is 30.5 Å². The number of anilines is 1. The SMILES string of the molecule is NC1=NCCN1.Nc1ncc[nH]1.c1ccc2ncccc2c1. The van der Waals surface area contributed by atoms with Gasteiger partial charge in [0.05, 0.1) is 12.1 Å². The molecular formula is C15H19N7. The van der Waals surface area contributed by atoms with Crippen molar-refractivity contribution in [1.82, 2.24) is 20.3 Å². The highest BCUT2D eigenvalue weighted by atomic mass is 15.1. The van der Waals surface area contributed by atoms with Crippen molar-refractivity contribution >= 4 is 22.8 Å². The molecular weight excluding hydrogens is 278 g/mol. The summed E-state index contributed by atoms with van der Waals surface area (Å²) in [6.45, 7) is 1.75. The zero-order valence-electron chi connectivity index (χ0n) is 12.1. The molecule has 0 unspecified atom stereocenters. The number of hydrogen-bond acceptors (Lipinski definition) is 6. The fourth-order valence-corrected chi connectivity index (χ4v) is 1.71. The van der Waals surface area contributed by atoms with E-state index < -0.39 is 0 Å². The van der Waals surface area contributed by atoms with Crippen molar-refractivity contribution < 1.29 is 0 Å². The summed E-state index contributed by atoms with van der Waals surface area (Å²) >= 11 is 0. The predicted octanol–water partition coefficient (Wildman–Crippen LogP) is 1.13. The third-order valence-corrected chi connectivity index (χ3v) is 2.73. The standard InChI is InChI=1S/C9H7N.C3H7N3.C3H5N3/c1-2-6-9-8(4-1)5-3-7-10-9;2*4-3-5-1-2-6-3/h1-7H;1-2H2,(H3,4,5,6);1-2H,(H3,4,5,6). The van der Waals surface area contributed by atoms with E-state index in [2.05, 4.69) is 37.4 Å². The van der Waals surface area contributed by atoms with Gasteiger partial charge in [-0.3, -0.25) is 9.98 Å². The van der Waals surface area contributed by atoms with E-state index in [1.807, 2.05) is 30.5 Å². The summed E-state index contributed by atoms with van der Waals surface area (Å²) in [5.41, 5.74) is 11.3. The number of nitrogens with one attached hydrogen (secondary N) is 2. The number of H-pyrrole nitrogens is 1. The van der Waals surface area contributed by atoms with E-state index in [4.69, 9.17) is 11.5 Å². The van der Waals surface area contributed by atoms with Gasteiger partial charge in [0.2, 0.25) is 0 Å². The van der Waals surface area contributed by atoms with Crippen molar-refractivity contribution in [2.75, 3.05) is 18.8 Å². The third kappa shape index (κ3) is 5.12. The zero-order chi connectivity index (χ0) is 15.6. The number of aromatic nitrogens is 3. The Morgan fingerprint density at radius 3 is 2.27 bits per heavy atom. The Morgan fingerprint density at radius 1 is 0.955 bits per heavy atom. The average Bonchev–Trinajstić information content (AvgIpc) is 3.22. The first-order chi connectivity index (χ1) is 10.8. The molecule has 1 aromatic carbocycles. The topological polar surface area (TPSA) is 118 Å². The molecule has 6 N–H and O–H groups in total. The van der Waals surface area contributed by atoms with Gasteiger partial charge in [-0.15, -0.1) is 0 Å². The minimum absolute atomic E-state index is 0.468. The number of rotatable bonds is 0. The lowest BCUT2D eigenvalue weighted by Gasteiger charge is -1.91. The largest absolute Gasteiger partial charge is 0.370 e. The number of guanidine groups is 1. The van der Waals surface area contributed by atoms with E-state index in [9.17, 15) is 0 Å². The van der Waals surface area contributed by atoms with E-state index in [1.165, 1.54) is 5.39 Å². The van der Waals surface area contributed by atoms with Gasteiger partial charge in [0.25, 0.3) is 0 Å². The molecule has 0 aliphatic carbocycles. The maximum atomic E-state index is 5.17. The molecule has 1 aliphatic rings. The van der Waals surface area contributed by atoms with Gasteiger partial charge in [-0.25, -0.2) is 4.98 Å². The fraction of sp³-hybridized carbons (Fsp3) is 0.133. The van der Waals surface area contributed by atoms with Gasteiger partial charge in [0.15, 0.2) is 11.9 Å². The number of nitrogen functional groups attached to an aromatic ring is 1. The van der Waals surface area contributed by atoms with Crippen LogP contribution in [0.4, 0.5) is 5.95 Å². The number of para-hydroxylation sites is 1. The number of nitrogens with two attached hydrogens (primary N) is 2. The number of hydrogen-bond donors (Lipinski definition) is 4. The fourth-order valence-electron chi connectivity index (χ4n) is 1.71. The monoisotopic (exact) mass is 297 g/mol. The second-order valence-electron chi connectivity index (χ2n) is 4.36. The molecule has 3 aromatic rings. The quantitative estimate of drug-likeness (QED) is 0.496. The van der Waals surface area contributed by atoms with Gasteiger partial charge in [-0.05, 0) is 12.1 Å². The summed E-state index contributed by atoms with van der Waals surface area (Å²) in [5, 5.41) is 4.05. The van der Waals surface area contributed by atoms with Crippen LogP contribution >= 0.6 is 0 Å². The Labute approximate surface area is 128 Å². The molecule has 0 atom stereocenters. The van der Waals surface area contributed by atoms with Crippen molar-refractivity contribution in [1.29, 1.82) is 0 Å². The van der Waals surface area contributed by atoms with Gasteiger partial charge in [0.1, 0.15) is 0 Å². The Kier molecular flexibility index (Phi) is 5.74. The van der Waals surface area contributed by atoms with Crippen molar-refractivity contribution in [2.45, 2.75) is 0 Å². The molecule has 0 saturated heterocycles. The summed E-state index contributed by atoms with van der Waals surface area (Å²) in [6, 6.07) is 12.1. The Hall–Kier alpha value is -3.09. The number of aliphatic imine (C=N–C) groups is 1. The minimum atomic E-state index is 0.468. The number of benzene rings is 1. The van der Waals surface area contributed by atoms with E-state index in [-0.39, 0.29) is 0 Å². The van der Waals surface area contributed by atoms with E-state index >= 15 is 0 Å². The van der Waals surface area contributed by atoms with Crippen molar-refractivity contribution in [3.63, 3.8) is 0 Å². The summed E-state index contributed by atoms with van der Waals surface area (Å²) in [5.74, 6) is 1.05. The molecule has 4 rings (SSSR count). The summed E-state index contributed by atoms with van der Waals surface area (Å²) < 4.78 is 0. The van der Waals surface area contributed by atoms with Crippen LogP contribution in [-0.4, -0.2) is 34.0 Å². The van der Waals surface area contributed by atoms with Gasteiger partial charge in [-0.2, -0.15) is 0 Å². The molecule has 2 aromatic heterocycles. The van der Waals surface area contributed by atoms with Gasteiger partial charge in [-0.1, -0.05) is 24.3 Å². The number of fused-ring (bicyclic) bond motifs is 1. The number of aromatic amines is 1. The predicted molar refractivity (Wildman–Crippen MR) is 89.2 cm³/mol. The van der Waals surface area contributed by atoms with Crippen molar-refractivity contribution in [3.05, 3.63) is 55.0 Å². The Balaban J connectivity index is 0.000000128. The maximum Gasteiger partial charge on any atom is 0.197 e. The summed E-state index contributed by atoms with van der Waals surface area (Å²) in [4.78, 5) is 14.3. The second kappa shape index (κ2) is 8.25. The smallest absolute Gasteiger partial charge is 0.197 e.